The standard InChI is InChI=1S/C63H105NO10/c1-4-7-10-13-16-19-22-24-25-26-27-28-29-30-31-33-36-39-42-45-48-51-58(68)74-61-60(70)59(69)57(52-65)73-63(61)72-53-54(55(66)49-46-43-40-37-34-21-18-15-12-9-6-3)64-62(71)56(67)50-47-44-41-38-35-32-23-20-17-14-11-8-5-2/h7-8,10-11,16-17,19-20,24-25,27-28,30-32,35,46,49,54-57,59-61,63,65-67,69-70H,4-6,9,12-15,18,21-23,26,29,33-34,36-45,47-48,50-53H2,1-3H3,(H,64,71)/b10-7-,11-8+,19-16-,20-17+,25-24-,28-27-,31-30-,35-32+,49-46+. The molecule has 1 heterocycles. The Morgan fingerprint density at radius 2 is 0.973 bits per heavy atom. The van der Waals surface area contributed by atoms with Crippen molar-refractivity contribution in [2.24, 2.45) is 0 Å². The fourth-order valence-corrected chi connectivity index (χ4v) is 8.34. The maximum Gasteiger partial charge on any atom is 0.306 e. The molecule has 11 heteroatoms. The lowest BCUT2D eigenvalue weighted by Gasteiger charge is -2.41. The zero-order valence-corrected chi connectivity index (χ0v) is 46.4. The second-order valence-electron chi connectivity index (χ2n) is 19.6. The number of hydrogen-bond acceptors (Lipinski definition) is 10. The molecule has 1 aliphatic rings. The number of amides is 1. The highest BCUT2D eigenvalue weighted by Crippen LogP contribution is 2.26. The Labute approximate surface area is 449 Å². The van der Waals surface area contributed by atoms with Crippen molar-refractivity contribution < 1.29 is 49.3 Å². The number of allylic oxidation sites excluding steroid dienone is 17. The van der Waals surface area contributed by atoms with Crippen LogP contribution in [0.15, 0.2) is 109 Å². The summed E-state index contributed by atoms with van der Waals surface area (Å²) in [6.45, 7) is 5.50. The fraction of sp³-hybridized carbons (Fsp3) is 0.683. The molecule has 74 heavy (non-hydrogen) atoms. The molecule has 1 aliphatic heterocycles. The number of hydrogen-bond donors (Lipinski definition) is 6. The molecule has 0 spiro atoms. The summed E-state index contributed by atoms with van der Waals surface area (Å²) >= 11 is 0. The Bertz CT molecular complexity index is 1610. The molecule has 0 radical (unpaired) electrons. The van der Waals surface area contributed by atoms with Crippen molar-refractivity contribution in [1.29, 1.82) is 0 Å². The van der Waals surface area contributed by atoms with Gasteiger partial charge in [-0.2, -0.15) is 0 Å². The van der Waals surface area contributed by atoms with Crippen LogP contribution in [-0.2, 0) is 23.8 Å². The Morgan fingerprint density at radius 3 is 1.46 bits per heavy atom. The molecule has 0 aromatic rings. The molecular weight excluding hydrogens is 931 g/mol. The third kappa shape index (κ3) is 38.0. The average Bonchev–Trinajstić information content (AvgIpc) is 3.40. The van der Waals surface area contributed by atoms with E-state index in [0.717, 1.165) is 128 Å². The second kappa shape index (κ2) is 50.2. The van der Waals surface area contributed by atoms with E-state index >= 15 is 0 Å². The third-order valence-electron chi connectivity index (χ3n) is 12.9. The van der Waals surface area contributed by atoms with Crippen LogP contribution in [-0.4, -0.2) is 99.6 Å². The Morgan fingerprint density at radius 1 is 0.541 bits per heavy atom. The predicted molar refractivity (Wildman–Crippen MR) is 305 cm³/mol. The van der Waals surface area contributed by atoms with Crippen LogP contribution in [0.5, 0.6) is 0 Å². The van der Waals surface area contributed by atoms with Crippen molar-refractivity contribution in [2.45, 2.75) is 262 Å². The molecule has 0 saturated carbocycles. The van der Waals surface area contributed by atoms with Crippen LogP contribution in [0.3, 0.4) is 0 Å². The van der Waals surface area contributed by atoms with Crippen LogP contribution in [0.4, 0.5) is 0 Å². The lowest BCUT2D eigenvalue weighted by atomic mass is 9.99. The molecule has 1 rings (SSSR count). The first-order valence-corrected chi connectivity index (χ1v) is 29.2. The number of unbranched alkanes of at least 4 members (excludes halogenated alkanes) is 17. The van der Waals surface area contributed by atoms with E-state index in [-0.39, 0.29) is 19.4 Å². The van der Waals surface area contributed by atoms with E-state index in [4.69, 9.17) is 14.2 Å². The van der Waals surface area contributed by atoms with Gasteiger partial charge >= 0.3 is 5.97 Å². The van der Waals surface area contributed by atoms with Gasteiger partial charge in [0, 0.05) is 6.42 Å². The summed E-state index contributed by atoms with van der Waals surface area (Å²) in [5, 5.41) is 56.8. The highest BCUT2D eigenvalue weighted by atomic mass is 16.7. The SMILES string of the molecule is CC/C=C\C/C=C\C/C=C\C/C=C\C/C=C\CCCCCCCC(=O)OC1C(OCC(NC(=O)C(O)CCCCC/C=C/C/C=C/C/C=C/CC)C(O)/C=C/CCCCCCCCCCC)OC(CO)C(O)C1O. The lowest BCUT2D eigenvalue weighted by molar-refractivity contribution is -0.305. The number of aliphatic hydroxyl groups is 5. The van der Waals surface area contributed by atoms with Gasteiger partial charge in [0.25, 0.3) is 0 Å². The summed E-state index contributed by atoms with van der Waals surface area (Å²) in [6, 6.07) is -1.05. The molecule has 1 fully saturated rings. The van der Waals surface area contributed by atoms with Crippen LogP contribution in [0, 0.1) is 0 Å². The molecular formula is C63H105NO10. The van der Waals surface area contributed by atoms with Crippen LogP contribution in [0.25, 0.3) is 0 Å². The van der Waals surface area contributed by atoms with Gasteiger partial charge in [-0.05, 0) is 103 Å². The molecule has 11 nitrogen and oxygen atoms in total. The second-order valence-corrected chi connectivity index (χ2v) is 19.6. The summed E-state index contributed by atoms with van der Waals surface area (Å²) in [5.74, 6) is -1.25. The zero-order valence-electron chi connectivity index (χ0n) is 46.4. The number of nitrogens with one attached hydrogen (secondary N) is 1. The first kappa shape index (κ1) is 68.3. The smallest absolute Gasteiger partial charge is 0.306 e. The van der Waals surface area contributed by atoms with Gasteiger partial charge in [0.1, 0.15) is 24.4 Å². The summed E-state index contributed by atoms with van der Waals surface area (Å²) in [6.07, 6.45) is 57.0. The van der Waals surface area contributed by atoms with Crippen molar-refractivity contribution in [2.75, 3.05) is 13.2 Å². The number of rotatable bonds is 47. The minimum Gasteiger partial charge on any atom is -0.454 e. The van der Waals surface area contributed by atoms with E-state index in [9.17, 15) is 35.1 Å². The van der Waals surface area contributed by atoms with Gasteiger partial charge in [-0.25, -0.2) is 0 Å². The minimum atomic E-state index is -1.63. The van der Waals surface area contributed by atoms with E-state index in [2.05, 4.69) is 123 Å². The highest BCUT2D eigenvalue weighted by molar-refractivity contribution is 5.80. The van der Waals surface area contributed by atoms with Gasteiger partial charge in [0.2, 0.25) is 5.91 Å². The van der Waals surface area contributed by atoms with Gasteiger partial charge < -0.3 is 45.1 Å². The maximum atomic E-state index is 13.3. The normalized spacial score (nSPS) is 20.1. The van der Waals surface area contributed by atoms with Crippen LogP contribution < -0.4 is 5.32 Å². The van der Waals surface area contributed by atoms with E-state index in [0.29, 0.717) is 12.8 Å². The molecule has 0 bridgehead atoms. The van der Waals surface area contributed by atoms with Crippen LogP contribution in [0.2, 0.25) is 0 Å². The molecule has 8 atom stereocenters. The fourth-order valence-electron chi connectivity index (χ4n) is 8.34. The summed E-state index contributed by atoms with van der Waals surface area (Å²) in [7, 11) is 0. The molecule has 422 valence electrons. The van der Waals surface area contributed by atoms with E-state index in [1.807, 2.05) is 6.08 Å². The molecule has 0 aromatic carbocycles. The van der Waals surface area contributed by atoms with Crippen LogP contribution >= 0.6 is 0 Å². The topological polar surface area (TPSA) is 175 Å². The number of esters is 1. The van der Waals surface area contributed by atoms with Gasteiger partial charge in [0.05, 0.1) is 25.4 Å². The monoisotopic (exact) mass is 1040 g/mol. The number of aliphatic hydroxyl groups excluding tert-OH is 5. The van der Waals surface area contributed by atoms with E-state index in [1.54, 1.807) is 6.08 Å². The maximum absolute atomic E-state index is 13.3. The molecule has 0 aliphatic carbocycles. The number of carbonyl (C=O) groups is 2. The number of carbonyl (C=O) groups excluding carboxylic acids is 2. The van der Waals surface area contributed by atoms with E-state index in [1.165, 1.54) is 38.5 Å². The van der Waals surface area contributed by atoms with Crippen molar-refractivity contribution in [3.05, 3.63) is 109 Å². The quantitative estimate of drug-likeness (QED) is 0.0196. The zero-order chi connectivity index (χ0) is 54.0. The first-order chi connectivity index (χ1) is 36.2. The highest BCUT2D eigenvalue weighted by Gasteiger charge is 2.47. The Hall–Kier alpha value is -3.68. The molecule has 8 unspecified atom stereocenters. The summed E-state index contributed by atoms with van der Waals surface area (Å²) in [4.78, 5) is 26.5. The van der Waals surface area contributed by atoms with Crippen molar-refractivity contribution in [1.82, 2.24) is 5.32 Å². The Kier molecular flexibility index (Phi) is 46.3. The third-order valence-corrected chi connectivity index (χ3v) is 12.9. The van der Waals surface area contributed by atoms with Gasteiger partial charge in [-0.1, -0.05) is 214 Å². The van der Waals surface area contributed by atoms with Crippen molar-refractivity contribution in [3.63, 3.8) is 0 Å². The largest absolute Gasteiger partial charge is 0.454 e. The molecule has 1 saturated heterocycles. The molecule has 6 N–H and O–H groups in total. The predicted octanol–water partition coefficient (Wildman–Crippen LogP) is 13.3. The molecule has 1 amide bonds. The number of ether oxygens (including phenoxy) is 3. The molecule has 0 aromatic heterocycles. The van der Waals surface area contributed by atoms with Gasteiger partial charge in [-0.15, -0.1) is 0 Å². The first-order valence-electron chi connectivity index (χ1n) is 29.2. The van der Waals surface area contributed by atoms with Crippen molar-refractivity contribution >= 4 is 11.9 Å². The lowest BCUT2D eigenvalue weighted by Crippen LogP contribution is -2.61. The van der Waals surface area contributed by atoms with Crippen LogP contribution in [0.1, 0.15) is 213 Å². The average molecular weight is 1040 g/mol. The van der Waals surface area contributed by atoms with E-state index < -0.39 is 67.4 Å². The van der Waals surface area contributed by atoms with Gasteiger partial charge in [0.15, 0.2) is 12.4 Å². The summed E-state index contributed by atoms with van der Waals surface area (Å²) < 4.78 is 17.5. The summed E-state index contributed by atoms with van der Waals surface area (Å²) in [5.41, 5.74) is 0. The van der Waals surface area contributed by atoms with Crippen molar-refractivity contribution in [3.8, 4) is 0 Å². The van der Waals surface area contributed by atoms with Gasteiger partial charge in [-0.3, -0.25) is 9.59 Å². The Balaban J connectivity index is 2.71. The minimum absolute atomic E-state index is 0.0923.